The summed E-state index contributed by atoms with van der Waals surface area (Å²) in [6, 6.07) is 0. The molecular formula is C15H28O3. The Balaban J connectivity index is 2.27. The van der Waals surface area contributed by atoms with Gasteiger partial charge in [-0.05, 0) is 70.1 Å². The Hall–Kier alpha value is -0.120. The van der Waals surface area contributed by atoms with Gasteiger partial charge in [0.1, 0.15) is 0 Å². The van der Waals surface area contributed by atoms with Crippen molar-refractivity contribution in [2.75, 3.05) is 0 Å². The molecule has 2 saturated carbocycles. The summed E-state index contributed by atoms with van der Waals surface area (Å²) in [5.74, 6) is 0.403. The van der Waals surface area contributed by atoms with Gasteiger partial charge in [0.15, 0.2) is 0 Å². The first-order valence-corrected chi connectivity index (χ1v) is 7.19. The van der Waals surface area contributed by atoms with Crippen molar-refractivity contribution < 1.29 is 15.3 Å². The molecule has 0 heterocycles. The average Bonchev–Trinajstić information content (AvgIpc) is 2.51. The molecule has 18 heavy (non-hydrogen) atoms. The second-order valence-electron chi connectivity index (χ2n) is 7.71. The zero-order valence-corrected chi connectivity index (χ0v) is 12.1. The van der Waals surface area contributed by atoms with E-state index in [1.54, 1.807) is 0 Å². The lowest BCUT2D eigenvalue weighted by molar-refractivity contribution is -0.152. The first kappa shape index (κ1) is 14.3. The molecule has 2 fully saturated rings. The molecule has 0 aliphatic heterocycles. The normalized spacial score (nSPS) is 49.2. The summed E-state index contributed by atoms with van der Waals surface area (Å²) >= 11 is 0. The molecule has 3 nitrogen and oxygen atoms in total. The van der Waals surface area contributed by atoms with Crippen molar-refractivity contribution in [3.63, 3.8) is 0 Å². The molecule has 2 aliphatic rings. The van der Waals surface area contributed by atoms with Crippen molar-refractivity contribution in [3.8, 4) is 0 Å². The number of aliphatic hydroxyl groups excluding tert-OH is 1. The summed E-state index contributed by atoms with van der Waals surface area (Å²) < 4.78 is 0. The van der Waals surface area contributed by atoms with E-state index in [4.69, 9.17) is 0 Å². The van der Waals surface area contributed by atoms with Gasteiger partial charge in [-0.3, -0.25) is 0 Å². The van der Waals surface area contributed by atoms with E-state index in [0.717, 1.165) is 12.8 Å². The Labute approximate surface area is 110 Å². The van der Waals surface area contributed by atoms with Crippen LogP contribution < -0.4 is 0 Å². The highest BCUT2D eigenvalue weighted by molar-refractivity contribution is 5.09. The van der Waals surface area contributed by atoms with E-state index >= 15 is 0 Å². The van der Waals surface area contributed by atoms with Gasteiger partial charge in [-0.15, -0.1) is 0 Å². The molecule has 0 bridgehead atoms. The molecule has 0 saturated heterocycles. The highest BCUT2D eigenvalue weighted by atomic mass is 16.3. The van der Waals surface area contributed by atoms with E-state index in [2.05, 4.69) is 6.92 Å². The predicted molar refractivity (Wildman–Crippen MR) is 71.1 cm³/mol. The fourth-order valence-corrected chi connectivity index (χ4v) is 4.72. The third-order valence-corrected chi connectivity index (χ3v) is 5.35. The van der Waals surface area contributed by atoms with Gasteiger partial charge in [0.2, 0.25) is 0 Å². The second-order valence-corrected chi connectivity index (χ2v) is 7.71. The van der Waals surface area contributed by atoms with Crippen LogP contribution in [-0.4, -0.2) is 32.6 Å². The summed E-state index contributed by atoms with van der Waals surface area (Å²) in [4.78, 5) is 0. The lowest BCUT2D eigenvalue weighted by Crippen LogP contribution is -2.54. The minimum absolute atomic E-state index is 0.0974. The summed E-state index contributed by atoms with van der Waals surface area (Å²) in [6.07, 6.45) is 3.70. The van der Waals surface area contributed by atoms with E-state index < -0.39 is 11.2 Å². The Kier molecular flexibility index (Phi) is 3.33. The monoisotopic (exact) mass is 256 g/mol. The molecule has 0 unspecified atom stereocenters. The number of aliphatic hydroxyl groups is 3. The molecule has 0 radical (unpaired) electrons. The fraction of sp³-hybridized carbons (Fsp3) is 1.00. The van der Waals surface area contributed by atoms with Crippen LogP contribution in [0.4, 0.5) is 0 Å². The Morgan fingerprint density at radius 1 is 1.17 bits per heavy atom. The van der Waals surface area contributed by atoms with Gasteiger partial charge in [-0.25, -0.2) is 0 Å². The lowest BCUT2D eigenvalue weighted by Gasteiger charge is -2.51. The summed E-state index contributed by atoms with van der Waals surface area (Å²) in [5, 5.41) is 31.1. The van der Waals surface area contributed by atoms with Gasteiger partial charge >= 0.3 is 0 Å². The molecule has 5 atom stereocenters. The maximum atomic E-state index is 10.7. The van der Waals surface area contributed by atoms with Gasteiger partial charge < -0.3 is 15.3 Å². The third kappa shape index (κ3) is 2.33. The fourth-order valence-electron chi connectivity index (χ4n) is 4.72. The van der Waals surface area contributed by atoms with Crippen LogP contribution in [0.1, 0.15) is 59.8 Å². The van der Waals surface area contributed by atoms with Crippen molar-refractivity contribution in [2.45, 2.75) is 77.1 Å². The van der Waals surface area contributed by atoms with Crippen LogP contribution in [0.3, 0.4) is 0 Å². The van der Waals surface area contributed by atoms with Gasteiger partial charge in [-0.2, -0.15) is 0 Å². The van der Waals surface area contributed by atoms with Crippen LogP contribution in [0.2, 0.25) is 0 Å². The zero-order chi connectivity index (χ0) is 13.8. The van der Waals surface area contributed by atoms with Crippen molar-refractivity contribution >= 4 is 0 Å². The maximum Gasteiger partial charge on any atom is 0.0657 e. The van der Waals surface area contributed by atoms with Crippen LogP contribution in [-0.2, 0) is 0 Å². The largest absolute Gasteiger partial charge is 0.393 e. The molecule has 0 aromatic heterocycles. The standard InChI is InChI=1S/C15H28O3/c1-13(2,17)9-10-5-7-14(3)11(16)6-8-15(4,18)12(10)14/h10-12,16-18H,5-9H2,1-4H3/t10-,11-,12-,14+,15+/m1/s1. The first-order chi connectivity index (χ1) is 8.06. The Morgan fingerprint density at radius 3 is 2.33 bits per heavy atom. The minimum atomic E-state index is -0.708. The quantitative estimate of drug-likeness (QED) is 0.709. The minimum Gasteiger partial charge on any atom is -0.393 e. The molecule has 3 N–H and O–H groups in total. The van der Waals surface area contributed by atoms with Crippen molar-refractivity contribution in [1.82, 2.24) is 0 Å². The Morgan fingerprint density at radius 2 is 1.78 bits per heavy atom. The maximum absolute atomic E-state index is 10.7. The predicted octanol–water partition coefficient (Wildman–Crippen LogP) is 2.09. The molecule has 0 amide bonds. The zero-order valence-electron chi connectivity index (χ0n) is 12.1. The Bertz CT molecular complexity index is 318. The number of rotatable bonds is 2. The van der Waals surface area contributed by atoms with Crippen LogP contribution in [0.15, 0.2) is 0 Å². The van der Waals surface area contributed by atoms with Crippen LogP contribution in [0.25, 0.3) is 0 Å². The van der Waals surface area contributed by atoms with Crippen LogP contribution in [0, 0.1) is 17.3 Å². The van der Waals surface area contributed by atoms with E-state index in [1.807, 2.05) is 20.8 Å². The summed E-state index contributed by atoms with van der Waals surface area (Å²) in [5.41, 5.74) is -1.59. The van der Waals surface area contributed by atoms with Gasteiger partial charge in [0.05, 0.1) is 17.3 Å². The average molecular weight is 256 g/mol. The van der Waals surface area contributed by atoms with Crippen molar-refractivity contribution in [3.05, 3.63) is 0 Å². The molecule has 106 valence electrons. The SMILES string of the molecule is CC(C)(O)C[C@H]1CC[C@@]2(C)[C@H](O)CC[C@](C)(O)[C@H]12. The number of hydrogen-bond acceptors (Lipinski definition) is 3. The van der Waals surface area contributed by atoms with Crippen LogP contribution in [0.5, 0.6) is 0 Å². The number of fused-ring (bicyclic) bond motifs is 1. The summed E-state index contributed by atoms with van der Waals surface area (Å²) in [6.45, 7) is 7.68. The van der Waals surface area contributed by atoms with Gasteiger partial charge in [-0.1, -0.05) is 6.92 Å². The summed E-state index contributed by atoms with van der Waals surface area (Å²) in [7, 11) is 0. The molecule has 0 aromatic rings. The molecule has 3 heteroatoms. The van der Waals surface area contributed by atoms with E-state index in [-0.39, 0.29) is 17.4 Å². The van der Waals surface area contributed by atoms with Crippen LogP contribution >= 0.6 is 0 Å². The van der Waals surface area contributed by atoms with Gasteiger partial charge in [0, 0.05) is 0 Å². The number of hydrogen-bond donors (Lipinski definition) is 3. The molecular weight excluding hydrogens is 228 g/mol. The first-order valence-electron chi connectivity index (χ1n) is 7.19. The third-order valence-electron chi connectivity index (χ3n) is 5.35. The van der Waals surface area contributed by atoms with E-state index in [1.165, 1.54) is 0 Å². The van der Waals surface area contributed by atoms with Gasteiger partial charge in [0.25, 0.3) is 0 Å². The highest BCUT2D eigenvalue weighted by Gasteiger charge is 2.59. The van der Waals surface area contributed by atoms with Crippen molar-refractivity contribution in [2.24, 2.45) is 17.3 Å². The smallest absolute Gasteiger partial charge is 0.0657 e. The lowest BCUT2D eigenvalue weighted by atomic mass is 9.58. The molecule has 2 aliphatic carbocycles. The molecule has 0 aromatic carbocycles. The topological polar surface area (TPSA) is 60.7 Å². The van der Waals surface area contributed by atoms with Crippen molar-refractivity contribution in [1.29, 1.82) is 0 Å². The second kappa shape index (κ2) is 4.19. The van der Waals surface area contributed by atoms with E-state index in [0.29, 0.717) is 25.2 Å². The van der Waals surface area contributed by atoms with E-state index in [9.17, 15) is 15.3 Å². The highest BCUT2D eigenvalue weighted by Crippen LogP contribution is 2.59. The molecule has 0 spiro atoms. The molecule has 2 rings (SSSR count).